The predicted molar refractivity (Wildman–Crippen MR) is 121 cm³/mol. The zero-order chi connectivity index (χ0) is 23.0. The number of carbonyl (C=O) groups excluding carboxylic acids is 1. The van der Waals surface area contributed by atoms with Crippen LogP contribution in [0.4, 0.5) is 0 Å². The summed E-state index contributed by atoms with van der Waals surface area (Å²) < 4.78 is 18.1. The van der Waals surface area contributed by atoms with Crippen molar-refractivity contribution in [2.24, 2.45) is 5.73 Å². The van der Waals surface area contributed by atoms with Gasteiger partial charge in [0.25, 0.3) is 5.91 Å². The van der Waals surface area contributed by atoms with Gasteiger partial charge in [-0.1, -0.05) is 15.9 Å². The van der Waals surface area contributed by atoms with E-state index in [9.17, 15) is 9.59 Å². The van der Waals surface area contributed by atoms with Crippen LogP contribution in [0.3, 0.4) is 0 Å². The number of nitrogens with one attached hydrogen (secondary N) is 1. The molecule has 2 aromatic heterocycles. The molecule has 0 spiro atoms. The summed E-state index contributed by atoms with van der Waals surface area (Å²) in [5, 5.41) is 0. The highest BCUT2D eigenvalue weighted by atomic mass is 79.9. The van der Waals surface area contributed by atoms with Crippen LogP contribution in [0.2, 0.25) is 0 Å². The van der Waals surface area contributed by atoms with Crippen LogP contribution in [-0.2, 0) is 0 Å². The van der Waals surface area contributed by atoms with Gasteiger partial charge in [0.15, 0.2) is 28.7 Å². The molecule has 2 heterocycles. The topological polar surface area (TPSA) is 134 Å². The summed E-state index contributed by atoms with van der Waals surface area (Å²) in [6.07, 6.45) is 0. The standard InChI is InChI=1S/C21H18BrN5O5/c1-30-13-6-4-10(22)8-12(13)19-24-16(18(23)28)17-20(26-19)27(21(29)25-17)11-5-7-14(31-2)15(9-11)32-3/h4-9H,1-3H3,(H2,23,28)(H,25,29). The van der Waals surface area contributed by atoms with Crippen LogP contribution in [0.25, 0.3) is 28.2 Å². The minimum absolute atomic E-state index is 0.120. The third-order valence-corrected chi connectivity index (χ3v) is 5.29. The minimum atomic E-state index is -0.812. The van der Waals surface area contributed by atoms with Gasteiger partial charge in [-0.3, -0.25) is 4.79 Å². The van der Waals surface area contributed by atoms with Crippen LogP contribution >= 0.6 is 15.9 Å². The van der Waals surface area contributed by atoms with E-state index in [-0.39, 0.29) is 22.7 Å². The maximum absolute atomic E-state index is 12.9. The Kier molecular flexibility index (Phi) is 5.57. The third-order valence-electron chi connectivity index (χ3n) is 4.80. The van der Waals surface area contributed by atoms with Crippen molar-refractivity contribution in [1.82, 2.24) is 19.5 Å². The minimum Gasteiger partial charge on any atom is -0.496 e. The summed E-state index contributed by atoms with van der Waals surface area (Å²) in [5.74, 6) is 0.755. The second-order valence-corrected chi connectivity index (χ2v) is 7.52. The molecule has 0 fully saturated rings. The Morgan fingerprint density at radius 2 is 1.69 bits per heavy atom. The highest BCUT2D eigenvalue weighted by Crippen LogP contribution is 2.33. The number of hydrogen-bond donors (Lipinski definition) is 2. The Bertz CT molecular complexity index is 1410. The molecule has 0 saturated carbocycles. The van der Waals surface area contributed by atoms with Crippen LogP contribution in [-0.4, -0.2) is 46.8 Å². The number of aromatic amines is 1. The molecule has 0 bridgehead atoms. The lowest BCUT2D eigenvalue weighted by Crippen LogP contribution is -2.15. The molecular weight excluding hydrogens is 482 g/mol. The molecule has 164 valence electrons. The highest BCUT2D eigenvalue weighted by Gasteiger charge is 2.22. The first-order valence-electron chi connectivity index (χ1n) is 9.26. The van der Waals surface area contributed by atoms with Crippen molar-refractivity contribution in [2.45, 2.75) is 0 Å². The van der Waals surface area contributed by atoms with Crippen molar-refractivity contribution in [3.8, 4) is 34.3 Å². The lowest BCUT2D eigenvalue weighted by atomic mass is 10.1. The molecule has 3 N–H and O–H groups in total. The second-order valence-electron chi connectivity index (χ2n) is 6.61. The Balaban J connectivity index is 2.05. The molecule has 4 aromatic rings. The van der Waals surface area contributed by atoms with Gasteiger partial charge in [0.2, 0.25) is 0 Å². The SMILES string of the molecule is COc1ccc(-n2c(=O)[nH]c3c(C(N)=O)nc(-c4cc(Br)ccc4OC)nc32)cc1OC. The molecule has 0 saturated heterocycles. The first-order chi connectivity index (χ1) is 15.4. The summed E-state index contributed by atoms with van der Waals surface area (Å²) in [5.41, 5.74) is 6.17. The van der Waals surface area contributed by atoms with Crippen LogP contribution in [0.5, 0.6) is 17.2 Å². The van der Waals surface area contributed by atoms with Gasteiger partial charge in [0.1, 0.15) is 11.3 Å². The zero-order valence-electron chi connectivity index (χ0n) is 17.3. The van der Waals surface area contributed by atoms with E-state index in [0.717, 1.165) is 4.47 Å². The fourth-order valence-electron chi connectivity index (χ4n) is 3.34. The Morgan fingerprint density at radius 1 is 1.00 bits per heavy atom. The Morgan fingerprint density at radius 3 is 2.34 bits per heavy atom. The molecule has 0 aliphatic heterocycles. The smallest absolute Gasteiger partial charge is 0.332 e. The predicted octanol–water partition coefficient (Wildman–Crippen LogP) is 2.66. The summed E-state index contributed by atoms with van der Waals surface area (Å²) in [7, 11) is 4.51. The van der Waals surface area contributed by atoms with Gasteiger partial charge >= 0.3 is 5.69 Å². The number of nitrogens with two attached hydrogens (primary N) is 1. The lowest BCUT2D eigenvalue weighted by Gasteiger charge is -2.11. The first kappa shape index (κ1) is 21.4. The molecule has 1 amide bonds. The van der Waals surface area contributed by atoms with E-state index in [1.165, 1.54) is 25.9 Å². The van der Waals surface area contributed by atoms with Crippen molar-refractivity contribution in [3.63, 3.8) is 0 Å². The number of ether oxygens (including phenoxy) is 3. The van der Waals surface area contributed by atoms with Gasteiger partial charge in [-0.25, -0.2) is 19.3 Å². The number of imidazole rings is 1. The van der Waals surface area contributed by atoms with Crippen LogP contribution < -0.4 is 25.6 Å². The number of aromatic nitrogens is 4. The fraction of sp³-hybridized carbons (Fsp3) is 0.143. The number of amides is 1. The van der Waals surface area contributed by atoms with Gasteiger partial charge in [0, 0.05) is 10.5 Å². The quantitative estimate of drug-likeness (QED) is 0.416. The molecule has 0 aliphatic rings. The van der Waals surface area contributed by atoms with E-state index in [1.807, 2.05) is 0 Å². The van der Waals surface area contributed by atoms with Gasteiger partial charge in [0.05, 0.1) is 32.6 Å². The Labute approximate surface area is 190 Å². The van der Waals surface area contributed by atoms with Crippen molar-refractivity contribution >= 4 is 33.0 Å². The number of benzene rings is 2. The molecule has 4 rings (SSSR count). The van der Waals surface area contributed by atoms with Gasteiger partial charge in [-0.15, -0.1) is 0 Å². The Hall–Kier alpha value is -3.86. The molecule has 0 aliphatic carbocycles. The van der Waals surface area contributed by atoms with Crippen LogP contribution in [0.15, 0.2) is 45.7 Å². The van der Waals surface area contributed by atoms with Crippen molar-refractivity contribution < 1.29 is 19.0 Å². The molecular formula is C21H18BrN5O5. The number of primary amides is 1. The molecule has 0 atom stereocenters. The van der Waals surface area contributed by atoms with E-state index in [0.29, 0.717) is 28.5 Å². The number of H-pyrrole nitrogens is 1. The molecule has 10 nitrogen and oxygen atoms in total. The number of rotatable bonds is 6. The van der Waals surface area contributed by atoms with Crippen molar-refractivity contribution in [3.05, 3.63) is 57.0 Å². The van der Waals surface area contributed by atoms with Crippen LogP contribution in [0, 0.1) is 0 Å². The number of nitrogens with zero attached hydrogens (tertiary/aromatic N) is 3. The van der Waals surface area contributed by atoms with Gasteiger partial charge in [-0.2, -0.15) is 0 Å². The van der Waals surface area contributed by atoms with E-state index < -0.39 is 11.6 Å². The maximum Gasteiger partial charge on any atom is 0.332 e. The van der Waals surface area contributed by atoms with Crippen LogP contribution in [0.1, 0.15) is 10.5 Å². The number of hydrogen-bond acceptors (Lipinski definition) is 7. The van der Waals surface area contributed by atoms with E-state index in [2.05, 4.69) is 30.9 Å². The zero-order valence-corrected chi connectivity index (χ0v) is 18.9. The largest absolute Gasteiger partial charge is 0.496 e. The number of fused-ring (bicyclic) bond motifs is 1. The highest BCUT2D eigenvalue weighted by molar-refractivity contribution is 9.10. The first-order valence-corrected chi connectivity index (χ1v) is 10.1. The van der Waals surface area contributed by atoms with Crippen molar-refractivity contribution in [1.29, 1.82) is 0 Å². The monoisotopic (exact) mass is 499 g/mol. The maximum atomic E-state index is 12.9. The summed E-state index contributed by atoms with van der Waals surface area (Å²) in [6, 6.07) is 10.2. The average molecular weight is 500 g/mol. The summed E-state index contributed by atoms with van der Waals surface area (Å²) in [6.45, 7) is 0. The number of halogens is 1. The molecule has 0 radical (unpaired) electrons. The summed E-state index contributed by atoms with van der Waals surface area (Å²) in [4.78, 5) is 36.6. The van der Waals surface area contributed by atoms with Gasteiger partial charge in [-0.05, 0) is 30.3 Å². The normalized spacial score (nSPS) is 10.9. The number of carbonyl (C=O) groups is 1. The lowest BCUT2D eigenvalue weighted by molar-refractivity contribution is 0.0997. The third kappa shape index (κ3) is 3.56. The second kappa shape index (κ2) is 8.35. The van der Waals surface area contributed by atoms with Gasteiger partial charge < -0.3 is 24.9 Å². The van der Waals surface area contributed by atoms with E-state index in [1.54, 1.807) is 36.4 Å². The molecule has 32 heavy (non-hydrogen) atoms. The fourth-order valence-corrected chi connectivity index (χ4v) is 3.70. The van der Waals surface area contributed by atoms with E-state index >= 15 is 0 Å². The van der Waals surface area contributed by atoms with E-state index in [4.69, 9.17) is 19.9 Å². The number of methoxy groups -OCH3 is 3. The molecule has 0 unspecified atom stereocenters. The molecule has 11 heteroatoms. The summed E-state index contributed by atoms with van der Waals surface area (Å²) >= 11 is 3.41. The average Bonchev–Trinajstić information content (AvgIpc) is 3.13. The molecule has 2 aromatic carbocycles. The van der Waals surface area contributed by atoms with Crippen molar-refractivity contribution in [2.75, 3.05) is 21.3 Å².